The molecule has 3 aliphatic rings. The largest absolute Gasteiger partial charge is 0.377 e. The fourth-order valence-electron chi connectivity index (χ4n) is 3.73. The summed E-state index contributed by atoms with van der Waals surface area (Å²) in [5.41, 5.74) is 0. The first-order valence-corrected chi connectivity index (χ1v) is 8.20. The van der Waals surface area contributed by atoms with Crippen LogP contribution >= 0.6 is 0 Å². The number of hydrogen-bond donors (Lipinski definition) is 1. The normalized spacial score (nSPS) is 33.5. The molecule has 0 bridgehead atoms. The third-order valence-electron chi connectivity index (χ3n) is 4.92. The van der Waals surface area contributed by atoms with Crippen molar-refractivity contribution in [1.82, 2.24) is 15.1 Å². The Hall–Kier alpha value is -0.160. The first kappa shape index (κ1) is 13.8. The van der Waals surface area contributed by atoms with Crippen LogP contribution in [0.25, 0.3) is 0 Å². The minimum atomic E-state index is 0.482. The van der Waals surface area contributed by atoms with Gasteiger partial charge in [-0.15, -0.1) is 0 Å². The Morgan fingerprint density at radius 3 is 2.95 bits per heavy atom. The van der Waals surface area contributed by atoms with Crippen LogP contribution in [0.1, 0.15) is 32.1 Å². The molecule has 110 valence electrons. The van der Waals surface area contributed by atoms with Gasteiger partial charge >= 0.3 is 0 Å². The summed E-state index contributed by atoms with van der Waals surface area (Å²) in [4.78, 5) is 5.36. The number of hydrogen-bond acceptors (Lipinski definition) is 4. The molecule has 19 heavy (non-hydrogen) atoms. The summed E-state index contributed by atoms with van der Waals surface area (Å²) in [6, 6.07) is 0.848. The van der Waals surface area contributed by atoms with Crippen molar-refractivity contribution in [3.63, 3.8) is 0 Å². The van der Waals surface area contributed by atoms with E-state index in [1.54, 1.807) is 0 Å². The molecule has 3 saturated heterocycles. The molecule has 1 N–H and O–H groups in total. The zero-order chi connectivity index (χ0) is 12.9. The van der Waals surface area contributed by atoms with E-state index < -0.39 is 0 Å². The van der Waals surface area contributed by atoms with Crippen molar-refractivity contribution in [3.05, 3.63) is 0 Å². The van der Waals surface area contributed by atoms with Crippen molar-refractivity contribution in [1.29, 1.82) is 0 Å². The molecule has 0 aromatic rings. The van der Waals surface area contributed by atoms with Crippen molar-refractivity contribution >= 4 is 0 Å². The Kier molecular flexibility index (Phi) is 5.10. The third-order valence-corrected chi connectivity index (χ3v) is 4.92. The Morgan fingerprint density at radius 2 is 2.05 bits per heavy atom. The van der Waals surface area contributed by atoms with Crippen molar-refractivity contribution < 1.29 is 4.74 Å². The van der Waals surface area contributed by atoms with E-state index in [0.29, 0.717) is 6.10 Å². The van der Waals surface area contributed by atoms with Crippen LogP contribution in [0.5, 0.6) is 0 Å². The summed E-state index contributed by atoms with van der Waals surface area (Å²) in [5, 5.41) is 3.57. The van der Waals surface area contributed by atoms with E-state index in [1.165, 1.54) is 64.8 Å². The fraction of sp³-hybridized carbons (Fsp3) is 1.00. The van der Waals surface area contributed by atoms with Gasteiger partial charge in [-0.25, -0.2) is 0 Å². The lowest BCUT2D eigenvalue weighted by atomic mass is 9.99. The van der Waals surface area contributed by atoms with Crippen molar-refractivity contribution in [2.24, 2.45) is 0 Å². The van der Waals surface area contributed by atoms with Gasteiger partial charge in [-0.1, -0.05) is 6.42 Å². The van der Waals surface area contributed by atoms with Gasteiger partial charge in [0.1, 0.15) is 0 Å². The Bertz CT molecular complexity index is 268. The van der Waals surface area contributed by atoms with Crippen LogP contribution in [-0.2, 0) is 4.74 Å². The number of nitrogens with one attached hydrogen (secondary N) is 1. The zero-order valence-electron chi connectivity index (χ0n) is 12.1. The molecule has 4 nitrogen and oxygen atoms in total. The molecule has 0 aromatic carbocycles. The molecule has 2 atom stereocenters. The number of nitrogens with zero attached hydrogens (tertiary/aromatic N) is 2. The van der Waals surface area contributed by atoms with Gasteiger partial charge in [0, 0.05) is 51.9 Å². The molecular formula is C15H29N3O. The maximum atomic E-state index is 5.63. The molecular weight excluding hydrogens is 238 g/mol. The molecule has 3 heterocycles. The molecule has 3 rings (SSSR count). The summed E-state index contributed by atoms with van der Waals surface area (Å²) in [6.07, 6.45) is 7.24. The van der Waals surface area contributed by atoms with Gasteiger partial charge in [0.15, 0.2) is 0 Å². The lowest BCUT2D eigenvalue weighted by Gasteiger charge is -2.44. The Balaban J connectivity index is 1.30. The molecule has 2 unspecified atom stereocenters. The van der Waals surface area contributed by atoms with Crippen molar-refractivity contribution in [2.75, 3.05) is 52.4 Å². The van der Waals surface area contributed by atoms with Gasteiger partial charge in [-0.05, 0) is 32.2 Å². The molecule has 3 aliphatic heterocycles. The highest BCUT2D eigenvalue weighted by molar-refractivity contribution is 4.85. The summed E-state index contributed by atoms with van der Waals surface area (Å²) >= 11 is 0. The Labute approximate surface area is 117 Å². The predicted octanol–water partition coefficient (Wildman–Crippen LogP) is 0.925. The summed E-state index contributed by atoms with van der Waals surface area (Å²) < 4.78 is 5.63. The lowest BCUT2D eigenvalue weighted by molar-refractivity contribution is 0.0491. The highest BCUT2D eigenvalue weighted by atomic mass is 16.5. The van der Waals surface area contributed by atoms with E-state index in [0.717, 1.165) is 25.7 Å². The lowest BCUT2D eigenvalue weighted by Crippen LogP contribution is -2.55. The van der Waals surface area contributed by atoms with Crippen LogP contribution in [0, 0.1) is 0 Å². The Morgan fingerprint density at radius 1 is 1.05 bits per heavy atom. The number of piperidine rings is 1. The van der Waals surface area contributed by atoms with E-state index in [9.17, 15) is 0 Å². The number of ether oxygens (including phenoxy) is 1. The van der Waals surface area contributed by atoms with Crippen molar-refractivity contribution in [3.8, 4) is 0 Å². The van der Waals surface area contributed by atoms with E-state index in [1.807, 2.05) is 0 Å². The zero-order valence-corrected chi connectivity index (χ0v) is 12.1. The van der Waals surface area contributed by atoms with Gasteiger partial charge in [0.2, 0.25) is 0 Å². The van der Waals surface area contributed by atoms with Crippen LogP contribution in [0.4, 0.5) is 0 Å². The molecule has 0 spiro atoms. The van der Waals surface area contributed by atoms with Crippen LogP contribution < -0.4 is 5.32 Å². The summed E-state index contributed by atoms with van der Waals surface area (Å²) in [6.45, 7) is 9.52. The first-order valence-electron chi connectivity index (χ1n) is 8.20. The fourth-order valence-corrected chi connectivity index (χ4v) is 3.73. The van der Waals surface area contributed by atoms with Gasteiger partial charge in [0.25, 0.3) is 0 Å². The van der Waals surface area contributed by atoms with Crippen LogP contribution in [0.15, 0.2) is 0 Å². The maximum Gasteiger partial charge on any atom is 0.0700 e. The van der Waals surface area contributed by atoms with Crippen LogP contribution in [0.3, 0.4) is 0 Å². The van der Waals surface area contributed by atoms with Gasteiger partial charge in [-0.2, -0.15) is 0 Å². The average Bonchev–Trinajstić information content (AvgIpc) is 2.97. The van der Waals surface area contributed by atoms with Gasteiger partial charge < -0.3 is 10.1 Å². The standard InChI is InChI=1S/C15H29N3O/c1-2-7-18-10-9-17(13-14(18)4-1)8-6-16-12-15-5-3-11-19-15/h14-16H,1-13H2. The second-order valence-corrected chi connectivity index (χ2v) is 6.33. The summed E-state index contributed by atoms with van der Waals surface area (Å²) in [7, 11) is 0. The molecule has 4 heteroatoms. The van der Waals surface area contributed by atoms with Crippen LogP contribution in [0.2, 0.25) is 0 Å². The quantitative estimate of drug-likeness (QED) is 0.750. The number of piperazine rings is 1. The number of fused-ring (bicyclic) bond motifs is 1. The minimum Gasteiger partial charge on any atom is -0.377 e. The number of rotatable bonds is 5. The second kappa shape index (κ2) is 7.02. The van der Waals surface area contributed by atoms with E-state index in [2.05, 4.69) is 15.1 Å². The molecule has 0 radical (unpaired) electrons. The molecule has 0 amide bonds. The minimum absolute atomic E-state index is 0.482. The first-order chi connectivity index (χ1) is 9.42. The average molecular weight is 267 g/mol. The molecule has 0 saturated carbocycles. The summed E-state index contributed by atoms with van der Waals surface area (Å²) in [5.74, 6) is 0. The van der Waals surface area contributed by atoms with E-state index in [-0.39, 0.29) is 0 Å². The predicted molar refractivity (Wildman–Crippen MR) is 77.5 cm³/mol. The highest BCUT2D eigenvalue weighted by Gasteiger charge is 2.28. The SMILES string of the molecule is C1COC(CNCCN2CCN3CCCCC3C2)C1. The monoisotopic (exact) mass is 267 g/mol. The topological polar surface area (TPSA) is 27.7 Å². The van der Waals surface area contributed by atoms with E-state index >= 15 is 0 Å². The van der Waals surface area contributed by atoms with Crippen LogP contribution in [-0.4, -0.2) is 74.4 Å². The molecule has 0 aromatic heterocycles. The molecule has 0 aliphatic carbocycles. The smallest absolute Gasteiger partial charge is 0.0700 e. The highest BCUT2D eigenvalue weighted by Crippen LogP contribution is 2.20. The second-order valence-electron chi connectivity index (χ2n) is 6.33. The maximum absolute atomic E-state index is 5.63. The molecule has 3 fully saturated rings. The van der Waals surface area contributed by atoms with Crippen molar-refractivity contribution in [2.45, 2.75) is 44.2 Å². The van der Waals surface area contributed by atoms with Gasteiger partial charge in [-0.3, -0.25) is 9.80 Å². The van der Waals surface area contributed by atoms with E-state index in [4.69, 9.17) is 4.74 Å². The third kappa shape index (κ3) is 3.91. The van der Waals surface area contributed by atoms with Gasteiger partial charge in [0.05, 0.1) is 6.10 Å².